The molecule has 14 nitrogen and oxygen atoms in total. The molecule has 0 aromatic heterocycles. The van der Waals surface area contributed by atoms with Gasteiger partial charge < -0.3 is 44.2 Å². The van der Waals surface area contributed by atoms with E-state index in [9.17, 15) is 19.2 Å². The second kappa shape index (κ2) is 14.6. The van der Waals surface area contributed by atoms with Gasteiger partial charge in [-0.15, -0.1) is 0 Å². The summed E-state index contributed by atoms with van der Waals surface area (Å²) < 4.78 is 0. The molecule has 30 heavy (non-hydrogen) atoms. The van der Waals surface area contributed by atoms with Crippen LogP contribution < -0.4 is 34.0 Å². The third kappa shape index (κ3) is 13.7. The lowest BCUT2D eigenvalue weighted by molar-refractivity contribution is -0.148. The minimum absolute atomic E-state index is 0.00838. The molecule has 0 aromatic rings. The highest BCUT2D eigenvalue weighted by Gasteiger charge is 2.38. The van der Waals surface area contributed by atoms with E-state index in [4.69, 9.17) is 38.9 Å². The van der Waals surface area contributed by atoms with Gasteiger partial charge >= 0.3 is 11.9 Å². The molecule has 0 aliphatic rings. The van der Waals surface area contributed by atoms with Crippen LogP contribution in [0.2, 0.25) is 0 Å². The number of hydrogen-bond donors (Lipinski definition) is 8. The topological polar surface area (TPSA) is 276 Å². The summed E-state index contributed by atoms with van der Waals surface area (Å²) >= 11 is 0. The first-order valence-electron chi connectivity index (χ1n) is 8.88. The van der Waals surface area contributed by atoms with E-state index in [1.807, 2.05) is 0 Å². The van der Waals surface area contributed by atoms with Gasteiger partial charge in [0, 0.05) is 20.0 Å². The summed E-state index contributed by atoms with van der Waals surface area (Å²) in [6.45, 7) is 3.02. The van der Waals surface area contributed by atoms with E-state index in [0.717, 1.165) is 6.92 Å². The predicted molar refractivity (Wildman–Crippen MR) is 110 cm³/mol. The Kier molecular flexibility index (Phi) is 14.0. The van der Waals surface area contributed by atoms with Crippen LogP contribution in [0.25, 0.3) is 0 Å². The second-order valence-corrected chi connectivity index (χ2v) is 6.28. The number of carbonyl (C=O) groups is 4. The van der Waals surface area contributed by atoms with Gasteiger partial charge in [0.25, 0.3) is 0 Å². The number of aliphatic carboxylic acids is 2. The average molecular weight is 432 g/mol. The number of carboxylic acid groups (broad SMARTS) is 2. The lowest BCUT2D eigenvalue weighted by Crippen LogP contribution is -2.54. The van der Waals surface area contributed by atoms with Crippen molar-refractivity contribution in [1.82, 2.24) is 5.32 Å². The van der Waals surface area contributed by atoms with Crippen LogP contribution in [0, 0.1) is 0 Å². The molecule has 0 aromatic carbocycles. The molecule has 1 amide bonds. The van der Waals surface area contributed by atoms with E-state index in [-0.39, 0.29) is 30.8 Å². The quantitative estimate of drug-likeness (QED) is 0.0667. The third-order valence-corrected chi connectivity index (χ3v) is 3.65. The van der Waals surface area contributed by atoms with Gasteiger partial charge in [-0.2, -0.15) is 0 Å². The highest BCUT2D eigenvalue weighted by molar-refractivity contribution is 6.06. The number of ketones is 1. The first-order chi connectivity index (χ1) is 13.7. The third-order valence-electron chi connectivity index (χ3n) is 3.65. The van der Waals surface area contributed by atoms with Gasteiger partial charge in [0.15, 0.2) is 23.2 Å². The van der Waals surface area contributed by atoms with E-state index in [2.05, 4.69) is 15.3 Å². The summed E-state index contributed by atoms with van der Waals surface area (Å²) in [6, 6.07) is -0.878. The number of aliphatic imine (C=N–C) groups is 2. The highest BCUT2D eigenvalue weighted by Crippen LogP contribution is 2.11. The molecule has 14 heteroatoms. The Morgan fingerprint density at radius 1 is 0.933 bits per heavy atom. The lowest BCUT2D eigenvalue weighted by atomic mass is 9.91. The van der Waals surface area contributed by atoms with Gasteiger partial charge in [0.2, 0.25) is 5.91 Å². The number of nitrogens with two attached hydrogens (primary N) is 5. The standard InChI is InChI=1S/2C8H16N4O3/c1-5(13)8(11,6(14)15)3-2-4-12-7(9)10;1-5(13)12-6(7(14)15)3-2-4-11-8(9)10/h2-4,11H2,1H3,(H,14,15)(H4,9,10,12);6H,2-4H2,1H3,(H,12,13)(H,14,15)(H4,9,10,11)/t8-;6-/m10/s1. The molecule has 0 saturated carbocycles. The van der Waals surface area contributed by atoms with E-state index < -0.39 is 29.3 Å². The first-order valence-corrected chi connectivity index (χ1v) is 8.88. The lowest BCUT2D eigenvalue weighted by Gasteiger charge is -2.20. The Morgan fingerprint density at radius 2 is 1.40 bits per heavy atom. The van der Waals surface area contributed by atoms with Crippen molar-refractivity contribution in [3.8, 4) is 0 Å². The minimum Gasteiger partial charge on any atom is -0.480 e. The van der Waals surface area contributed by atoms with Crippen LogP contribution in [0.5, 0.6) is 0 Å². The van der Waals surface area contributed by atoms with Crippen LogP contribution in [0.15, 0.2) is 9.98 Å². The normalized spacial score (nSPS) is 12.8. The van der Waals surface area contributed by atoms with Crippen LogP contribution in [0.3, 0.4) is 0 Å². The number of nitrogens with one attached hydrogen (secondary N) is 1. The molecule has 0 saturated heterocycles. The number of guanidine groups is 2. The molecule has 0 aliphatic carbocycles. The minimum atomic E-state index is -1.83. The molecule has 2 atom stereocenters. The summed E-state index contributed by atoms with van der Waals surface area (Å²) in [5.74, 6) is -3.45. The van der Waals surface area contributed by atoms with Crippen LogP contribution in [0.4, 0.5) is 0 Å². The molecular formula is C16H32N8O6. The Balaban J connectivity index is 0. The predicted octanol–water partition coefficient (Wildman–Crippen LogP) is -2.96. The monoisotopic (exact) mass is 432 g/mol. The largest absolute Gasteiger partial charge is 0.480 e. The number of rotatable bonds is 12. The zero-order valence-corrected chi connectivity index (χ0v) is 17.1. The Bertz CT molecular complexity index is 642. The fourth-order valence-electron chi connectivity index (χ4n) is 2.01. The molecule has 13 N–H and O–H groups in total. The zero-order valence-electron chi connectivity index (χ0n) is 17.1. The van der Waals surface area contributed by atoms with Crippen molar-refractivity contribution in [3.63, 3.8) is 0 Å². The summed E-state index contributed by atoms with van der Waals surface area (Å²) in [5.41, 5.74) is 23.9. The molecule has 172 valence electrons. The fourth-order valence-corrected chi connectivity index (χ4v) is 2.01. The van der Waals surface area contributed by atoms with Crippen LogP contribution in [0.1, 0.15) is 39.5 Å². The van der Waals surface area contributed by atoms with Gasteiger partial charge in [0.1, 0.15) is 6.04 Å². The van der Waals surface area contributed by atoms with Crippen molar-refractivity contribution >= 4 is 35.5 Å². The van der Waals surface area contributed by atoms with E-state index in [1.54, 1.807) is 0 Å². The number of carboxylic acids is 2. The van der Waals surface area contributed by atoms with Crippen LogP contribution in [-0.2, 0) is 19.2 Å². The molecular weight excluding hydrogens is 400 g/mol. The number of hydrogen-bond acceptors (Lipinski definition) is 7. The molecule has 0 fully saturated rings. The van der Waals surface area contributed by atoms with E-state index in [1.165, 1.54) is 6.92 Å². The number of Topliss-reactive ketones (excluding diaryl/α,β-unsaturated/α-hetero) is 1. The zero-order chi connectivity index (χ0) is 23.9. The maximum atomic E-state index is 11.0. The van der Waals surface area contributed by atoms with Crippen molar-refractivity contribution < 1.29 is 29.4 Å². The van der Waals surface area contributed by atoms with Crippen molar-refractivity contribution in [2.45, 2.75) is 51.1 Å². The maximum Gasteiger partial charge on any atom is 0.331 e. The van der Waals surface area contributed by atoms with Crippen LogP contribution >= 0.6 is 0 Å². The highest BCUT2D eigenvalue weighted by atomic mass is 16.4. The molecule has 0 aliphatic heterocycles. The molecule has 0 heterocycles. The van der Waals surface area contributed by atoms with E-state index in [0.29, 0.717) is 25.8 Å². The Morgan fingerprint density at radius 3 is 1.73 bits per heavy atom. The molecule has 0 rings (SSSR count). The summed E-state index contributed by atoms with van der Waals surface area (Å²) in [4.78, 5) is 50.5. The molecule has 0 bridgehead atoms. The van der Waals surface area contributed by atoms with Crippen molar-refractivity contribution in [2.24, 2.45) is 38.7 Å². The fraction of sp³-hybridized carbons (Fsp3) is 0.625. The van der Waals surface area contributed by atoms with E-state index >= 15 is 0 Å². The smallest absolute Gasteiger partial charge is 0.331 e. The first kappa shape index (κ1) is 28.8. The summed E-state index contributed by atoms with van der Waals surface area (Å²) in [7, 11) is 0. The molecule has 0 radical (unpaired) electrons. The van der Waals surface area contributed by atoms with Crippen molar-refractivity contribution in [3.05, 3.63) is 0 Å². The van der Waals surface area contributed by atoms with Gasteiger partial charge in [-0.3, -0.25) is 19.6 Å². The number of carbonyl (C=O) groups excluding carboxylic acids is 2. The molecule has 0 unspecified atom stereocenters. The maximum absolute atomic E-state index is 11.0. The van der Waals surface area contributed by atoms with Gasteiger partial charge in [0.05, 0.1) is 0 Å². The number of amides is 1. The Labute approximate surface area is 173 Å². The summed E-state index contributed by atoms with van der Waals surface area (Å²) in [5, 5.41) is 19.8. The average Bonchev–Trinajstić information content (AvgIpc) is 2.60. The molecule has 0 spiro atoms. The van der Waals surface area contributed by atoms with Gasteiger partial charge in [-0.05, 0) is 32.6 Å². The van der Waals surface area contributed by atoms with Crippen molar-refractivity contribution in [1.29, 1.82) is 0 Å². The summed E-state index contributed by atoms with van der Waals surface area (Å²) in [6.07, 6.45) is 1.13. The van der Waals surface area contributed by atoms with Gasteiger partial charge in [-0.1, -0.05) is 0 Å². The van der Waals surface area contributed by atoms with Gasteiger partial charge in [-0.25, -0.2) is 9.59 Å². The van der Waals surface area contributed by atoms with Crippen LogP contribution in [-0.4, -0.2) is 70.4 Å². The number of nitrogens with zero attached hydrogens (tertiary/aromatic N) is 2. The Hall–Kier alpha value is -3.42. The van der Waals surface area contributed by atoms with Crippen molar-refractivity contribution in [2.75, 3.05) is 13.1 Å². The second-order valence-electron chi connectivity index (χ2n) is 6.28. The SMILES string of the molecule is CC(=O)N[C@@H](CCCN=C(N)N)C(=O)O.CC(=O)[C@](N)(CCCN=C(N)N)C(=O)O.